The zero-order valence-corrected chi connectivity index (χ0v) is 10.5. The summed E-state index contributed by atoms with van der Waals surface area (Å²) in [6.07, 6.45) is 3.00. The van der Waals surface area contributed by atoms with Gasteiger partial charge in [0.15, 0.2) is 5.12 Å². The Morgan fingerprint density at radius 2 is 2.14 bits per heavy atom. The Morgan fingerprint density at radius 3 is 2.57 bits per heavy atom. The lowest BCUT2D eigenvalue weighted by molar-refractivity contribution is -0.110. The number of hydrogen-bond donors (Lipinski definition) is 0. The number of thioether (sulfide) groups is 1. The van der Waals surface area contributed by atoms with Crippen LogP contribution in [0.4, 0.5) is 0 Å². The first-order valence-electron chi connectivity index (χ1n) is 5.32. The van der Waals surface area contributed by atoms with Crippen molar-refractivity contribution in [2.45, 2.75) is 47.0 Å². The van der Waals surface area contributed by atoms with E-state index in [4.69, 9.17) is 0 Å². The molecular weight excluding hydrogens is 192 g/mol. The Labute approximate surface area is 91.3 Å². The summed E-state index contributed by atoms with van der Waals surface area (Å²) in [5, 5.41) is 0.333. The van der Waals surface area contributed by atoms with Gasteiger partial charge in [-0.1, -0.05) is 43.7 Å². The summed E-state index contributed by atoms with van der Waals surface area (Å²) < 4.78 is 0. The minimum atomic E-state index is 0.326. The van der Waals surface area contributed by atoms with Crippen molar-refractivity contribution in [3.05, 3.63) is 11.1 Å². The van der Waals surface area contributed by atoms with Crippen molar-refractivity contribution >= 4 is 16.9 Å². The van der Waals surface area contributed by atoms with Crippen LogP contribution in [0.3, 0.4) is 0 Å². The zero-order valence-electron chi connectivity index (χ0n) is 9.64. The first-order valence-corrected chi connectivity index (χ1v) is 6.30. The van der Waals surface area contributed by atoms with Crippen LogP contribution in [0, 0.1) is 5.41 Å². The number of allylic oxidation sites excluding steroid dienone is 2. The van der Waals surface area contributed by atoms with Crippen LogP contribution < -0.4 is 0 Å². The van der Waals surface area contributed by atoms with E-state index in [2.05, 4.69) is 20.8 Å². The van der Waals surface area contributed by atoms with Crippen LogP contribution >= 0.6 is 11.8 Å². The van der Waals surface area contributed by atoms with Crippen LogP contribution in [-0.2, 0) is 4.79 Å². The van der Waals surface area contributed by atoms with E-state index < -0.39 is 0 Å². The van der Waals surface area contributed by atoms with Gasteiger partial charge in [-0.3, -0.25) is 4.79 Å². The Kier molecular flexibility index (Phi) is 3.82. The van der Waals surface area contributed by atoms with E-state index in [1.807, 2.05) is 6.92 Å². The molecule has 0 aromatic rings. The van der Waals surface area contributed by atoms with Gasteiger partial charge in [0.1, 0.15) is 0 Å². The van der Waals surface area contributed by atoms with E-state index in [-0.39, 0.29) is 0 Å². The van der Waals surface area contributed by atoms with Gasteiger partial charge in [0.25, 0.3) is 0 Å². The van der Waals surface area contributed by atoms with E-state index in [1.165, 1.54) is 29.3 Å². The predicted octanol–water partition coefficient (Wildman–Crippen LogP) is 3.79. The molecule has 0 spiro atoms. The Balaban J connectivity index is 2.62. The second kappa shape index (κ2) is 4.52. The molecule has 0 fully saturated rings. The molecule has 1 aliphatic carbocycles. The zero-order chi connectivity index (χ0) is 10.8. The molecule has 0 N–H and O–H groups in total. The van der Waals surface area contributed by atoms with Gasteiger partial charge in [-0.15, -0.1) is 0 Å². The monoisotopic (exact) mass is 212 g/mol. The Morgan fingerprint density at radius 1 is 1.50 bits per heavy atom. The van der Waals surface area contributed by atoms with Crippen molar-refractivity contribution in [3.63, 3.8) is 0 Å². The fourth-order valence-electron chi connectivity index (χ4n) is 1.92. The Hall–Kier alpha value is -0.240. The second-order valence-electron chi connectivity index (χ2n) is 4.59. The summed E-state index contributed by atoms with van der Waals surface area (Å²) >= 11 is 1.45. The van der Waals surface area contributed by atoms with E-state index >= 15 is 0 Å². The molecule has 0 radical (unpaired) electrons. The van der Waals surface area contributed by atoms with Crippen LogP contribution in [0.1, 0.15) is 47.0 Å². The molecule has 1 nitrogen and oxygen atoms in total. The molecule has 0 saturated carbocycles. The average Bonchev–Trinajstić information content (AvgIpc) is 2.33. The lowest BCUT2D eigenvalue weighted by Gasteiger charge is -2.19. The molecule has 0 aromatic carbocycles. The SMILES string of the molecule is CCSC(=O)CC1=C(C)C(C)(C)CC1. The lowest BCUT2D eigenvalue weighted by Crippen LogP contribution is -2.07. The van der Waals surface area contributed by atoms with Gasteiger partial charge in [0.05, 0.1) is 0 Å². The van der Waals surface area contributed by atoms with Gasteiger partial charge in [0, 0.05) is 6.42 Å². The molecular formula is C12H20OS. The van der Waals surface area contributed by atoms with E-state index in [9.17, 15) is 4.79 Å². The summed E-state index contributed by atoms with van der Waals surface area (Å²) in [5.41, 5.74) is 3.16. The van der Waals surface area contributed by atoms with Crippen LogP contribution in [0.5, 0.6) is 0 Å². The van der Waals surface area contributed by atoms with Crippen LogP contribution in [-0.4, -0.2) is 10.9 Å². The summed E-state index contributed by atoms with van der Waals surface area (Å²) in [6.45, 7) is 8.76. The average molecular weight is 212 g/mol. The molecule has 0 unspecified atom stereocenters. The first kappa shape index (κ1) is 11.8. The molecule has 0 aromatic heterocycles. The summed E-state index contributed by atoms with van der Waals surface area (Å²) in [4.78, 5) is 11.5. The largest absolute Gasteiger partial charge is 0.287 e. The van der Waals surface area contributed by atoms with Gasteiger partial charge < -0.3 is 0 Å². The predicted molar refractivity (Wildman–Crippen MR) is 63.5 cm³/mol. The molecule has 0 atom stereocenters. The van der Waals surface area contributed by atoms with Crippen molar-refractivity contribution in [2.24, 2.45) is 5.41 Å². The number of rotatable bonds is 3. The molecule has 0 amide bonds. The fraction of sp³-hybridized carbons (Fsp3) is 0.750. The third-order valence-electron chi connectivity index (χ3n) is 3.26. The fourth-order valence-corrected chi connectivity index (χ4v) is 2.52. The highest BCUT2D eigenvalue weighted by atomic mass is 32.2. The topological polar surface area (TPSA) is 17.1 Å². The Bertz CT molecular complexity index is 263. The highest BCUT2D eigenvalue weighted by molar-refractivity contribution is 8.13. The van der Waals surface area contributed by atoms with Gasteiger partial charge in [-0.2, -0.15) is 0 Å². The van der Waals surface area contributed by atoms with Crippen molar-refractivity contribution < 1.29 is 4.79 Å². The number of carbonyl (C=O) groups is 1. The first-order chi connectivity index (χ1) is 6.47. The number of carbonyl (C=O) groups excluding carboxylic acids is 1. The molecule has 1 rings (SSSR count). The maximum absolute atomic E-state index is 11.5. The normalized spacial score (nSPS) is 20.3. The molecule has 0 heterocycles. The van der Waals surface area contributed by atoms with Crippen molar-refractivity contribution in [2.75, 3.05) is 5.75 Å². The van der Waals surface area contributed by atoms with E-state index in [0.717, 1.165) is 12.2 Å². The van der Waals surface area contributed by atoms with Crippen LogP contribution in [0.25, 0.3) is 0 Å². The highest BCUT2D eigenvalue weighted by Gasteiger charge is 2.29. The molecule has 0 aliphatic heterocycles. The highest BCUT2D eigenvalue weighted by Crippen LogP contribution is 2.43. The third kappa shape index (κ3) is 2.63. The van der Waals surface area contributed by atoms with Gasteiger partial charge in [-0.05, 0) is 30.9 Å². The van der Waals surface area contributed by atoms with Crippen LogP contribution in [0.2, 0.25) is 0 Å². The molecule has 1 aliphatic rings. The van der Waals surface area contributed by atoms with E-state index in [1.54, 1.807) is 0 Å². The standard InChI is InChI=1S/C12H20OS/c1-5-14-11(13)8-10-6-7-12(3,4)9(10)2/h5-8H2,1-4H3. The molecule has 0 bridgehead atoms. The van der Waals surface area contributed by atoms with Gasteiger partial charge in [0.2, 0.25) is 0 Å². The van der Waals surface area contributed by atoms with Crippen LogP contribution in [0.15, 0.2) is 11.1 Å². The van der Waals surface area contributed by atoms with E-state index in [0.29, 0.717) is 17.0 Å². The summed E-state index contributed by atoms with van der Waals surface area (Å²) in [7, 11) is 0. The molecule has 0 saturated heterocycles. The lowest BCUT2D eigenvalue weighted by atomic mass is 9.86. The molecule has 80 valence electrons. The quantitative estimate of drug-likeness (QED) is 0.662. The summed E-state index contributed by atoms with van der Waals surface area (Å²) in [5.74, 6) is 0.897. The number of hydrogen-bond acceptors (Lipinski definition) is 2. The van der Waals surface area contributed by atoms with Gasteiger partial charge >= 0.3 is 0 Å². The third-order valence-corrected chi connectivity index (χ3v) is 4.02. The molecule has 2 heteroatoms. The maximum Gasteiger partial charge on any atom is 0.192 e. The van der Waals surface area contributed by atoms with Gasteiger partial charge in [-0.25, -0.2) is 0 Å². The molecule has 14 heavy (non-hydrogen) atoms. The van der Waals surface area contributed by atoms with Crippen molar-refractivity contribution in [1.29, 1.82) is 0 Å². The minimum Gasteiger partial charge on any atom is -0.287 e. The minimum absolute atomic E-state index is 0.326. The smallest absolute Gasteiger partial charge is 0.192 e. The summed E-state index contributed by atoms with van der Waals surface area (Å²) in [6, 6.07) is 0. The van der Waals surface area contributed by atoms with Crippen molar-refractivity contribution in [3.8, 4) is 0 Å². The van der Waals surface area contributed by atoms with Crippen molar-refractivity contribution in [1.82, 2.24) is 0 Å². The maximum atomic E-state index is 11.5. The second-order valence-corrected chi connectivity index (χ2v) is 5.92.